The number of nitrogen functional groups attached to an aromatic ring is 1. The van der Waals surface area contributed by atoms with Crippen LogP contribution in [0.2, 0.25) is 0 Å². The van der Waals surface area contributed by atoms with Gasteiger partial charge < -0.3 is 5.73 Å². The van der Waals surface area contributed by atoms with Gasteiger partial charge in [-0.2, -0.15) is 0 Å². The molecule has 0 bridgehead atoms. The molecule has 2 N–H and O–H groups in total. The van der Waals surface area contributed by atoms with Crippen molar-refractivity contribution in [3.8, 4) is 0 Å². The number of alkyl halides is 1. The summed E-state index contributed by atoms with van der Waals surface area (Å²) in [4.78, 5) is 0. The molecule has 10 heavy (non-hydrogen) atoms. The van der Waals surface area contributed by atoms with E-state index in [2.05, 4.69) is 15.9 Å². The molecule has 0 fully saturated rings. The molecule has 0 aliphatic rings. The Morgan fingerprint density at radius 3 is 2.70 bits per heavy atom. The third-order valence-electron chi connectivity index (χ3n) is 1.21. The van der Waals surface area contributed by atoms with Crippen molar-refractivity contribution in [3.63, 3.8) is 0 Å². The largest absolute Gasteiger partial charge is 0.399 e. The van der Waals surface area contributed by atoms with Gasteiger partial charge in [0.1, 0.15) is 5.82 Å². The summed E-state index contributed by atoms with van der Waals surface area (Å²) in [5.41, 5.74) is 6.61. The molecule has 0 radical (unpaired) electrons. The fourth-order valence-electron chi connectivity index (χ4n) is 0.697. The van der Waals surface area contributed by atoms with E-state index in [0.717, 1.165) is 0 Å². The van der Waals surface area contributed by atoms with Crippen molar-refractivity contribution in [3.05, 3.63) is 29.6 Å². The third kappa shape index (κ3) is 1.48. The van der Waals surface area contributed by atoms with Gasteiger partial charge in [-0.1, -0.05) is 15.9 Å². The molecule has 0 amide bonds. The highest BCUT2D eigenvalue weighted by atomic mass is 79.9. The molecule has 3 heteroatoms. The molecule has 0 saturated heterocycles. The van der Waals surface area contributed by atoms with Gasteiger partial charge >= 0.3 is 0 Å². The Balaban J connectivity index is 3.09. The Kier molecular flexibility index (Phi) is 2.27. The van der Waals surface area contributed by atoms with Gasteiger partial charge in [0.25, 0.3) is 0 Å². The molecule has 0 aromatic heterocycles. The first-order valence-electron chi connectivity index (χ1n) is 2.84. The van der Waals surface area contributed by atoms with Crippen LogP contribution in [0.1, 0.15) is 5.56 Å². The Morgan fingerprint density at radius 1 is 1.50 bits per heavy atom. The Labute approximate surface area is 67.2 Å². The van der Waals surface area contributed by atoms with Gasteiger partial charge in [-0.25, -0.2) is 4.39 Å². The average molecular weight is 204 g/mol. The van der Waals surface area contributed by atoms with E-state index in [4.69, 9.17) is 5.73 Å². The van der Waals surface area contributed by atoms with E-state index in [0.29, 0.717) is 16.6 Å². The lowest BCUT2D eigenvalue weighted by Gasteiger charge is -1.98. The van der Waals surface area contributed by atoms with Gasteiger partial charge in [0.15, 0.2) is 0 Å². The van der Waals surface area contributed by atoms with Gasteiger partial charge in [0, 0.05) is 16.6 Å². The predicted molar refractivity (Wildman–Crippen MR) is 43.4 cm³/mol. The molecule has 0 atom stereocenters. The topological polar surface area (TPSA) is 26.0 Å². The summed E-state index contributed by atoms with van der Waals surface area (Å²) in [6.45, 7) is 0. The molecule has 0 aliphatic carbocycles. The van der Waals surface area contributed by atoms with E-state index in [1.807, 2.05) is 0 Å². The SMILES string of the molecule is Nc1ccc(F)c(CBr)c1. The van der Waals surface area contributed by atoms with E-state index in [-0.39, 0.29) is 5.82 Å². The minimum Gasteiger partial charge on any atom is -0.399 e. The van der Waals surface area contributed by atoms with Gasteiger partial charge in [0.2, 0.25) is 0 Å². The zero-order valence-corrected chi connectivity index (χ0v) is 6.86. The lowest BCUT2D eigenvalue weighted by molar-refractivity contribution is 0.618. The Bertz CT molecular complexity index is 237. The highest BCUT2D eigenvalue weighted by Gasteiger charge is 1.98. The smallest absolute Gasteiger partial charge is 0.127 e. The van der Waals surface area contributed by atoms with Crippen molar-refractivity contribution in [1.82, 2.24) is 0 Å². The quantitative estimate of drug-likeness (QED) is 0.551. The average Bonchev–Trinajstić information content (AvgIpc) is 1.94. The Hall–Kier alpha value is -0.570. The highest BCUT2D eigenvalue weighted by molar-refractivity contribution is 9.08. The van der Waals surface area contributed by atoms with Gasteiger partial charge in [-0.3, -0.25) is 0 Å². The van der Waals surface area contributed by atoms with Crippen molar-refractivity contribution in [1.29, 1.82) is 0 Å². The fraction of sp³-hybridized carbons (Fsp3) is 0.143. The lowest BCUT2D eigenvalue weighted by Crippen LogP contribution is -1.89. The Morgan fingerprint density at radius 2 is 2.20 bits per heavy atom. The van der Waals surface area contributed by atoms with Crippen LogP contribution < -0.4 is 5.73 Å². The molecule has 0 unspecified atom stereocenters. The molecule has 0 aliphatic heterocycles. The summed E-state index contributed by atoms with van der Waals surface area (Å²) in [5, 5.41) is 0.504. The number of nitrogens with two attached hydrogens (primary N) is 1. The molecule has 1 aromatic rings. The summed E-state index contributed by atoms with van der Waals surface area (Å²) < 4.78 is 12.7. The van der Waals surface area contributed by atoms with Crippen molar-refractivity contribution >= 4 is 21.6 Å². The van der Waals surface area contributed by atoms with E-state index < -0.39 is 0 Å². The minimum atomic E-state index is -0.217. The van der Waals surface area contributed by atoms with Crippen LogP contribution in [0.25, 0.3) is 0 Å². The summed E-state index contributed by atoms with van der Waals surface area (Å²) in [6, 6.07) is 4.53. The van der Waals surface area contributed by atoms with Crippen LogP contribution in [0.3, 0.4) is 0 Å². The summed E-state index contributed by atoms with van der Waals surface area (Å²) >= 11 is 3.15. The second kappa shape index (κ2) is 3.01. The standard InChI is InChI=1S/C7H7BrFN/c8-4-5-3-6(10)1-2-7(5)9/h1-3H,4,10H2. The number of hydrogen-bond acceptors (Lipinski definition) is 1. The van der Waals surface area contributed by atoms with Gasteiger partial charge in [0.05, 0.1) is 0 Å². The number of halogens is 2. The third-order valence-corrected chi connectivity index (χ3v) is 1.82. The van der Waals surface area contributed by atoms with Crippen molar-refractivity contribution in [2.75, 3.05) is 5.73 Å². The maximum Gasteiger partial charge on any atom is 0.127 e. The number of anilines is 1. The van der Waals surface area contributed by atoms with Gasteiger partial charge in [-0.05, 0) is 18.2 Å². The van der Waals surface area contributed by atoms with E-state index in [1.165, 1.54) is 6.07 Å². The summed E-state index contributed by atoms with van der Waals surface area (Å²) in [5.74, 6) is -0.217. The molecule has 0 heterocycles. The van der Waals surface area contributed by atoms with Crippen LogP contribution in [-0.4, -0.2) is 0 Å². The van der Waals surface area contributed by atoms with Crippen LogP contribution in [0, 0.1) is 5.82 Å². The van der Waals surface area contributed by atoms with Crippen molar-refractivity contribution in [2.45, 2.75) is 5.33 Å². The van der Waals surface area contributed by atoms with E-state index >= 15 is 0 Å². The molecule has 1 rings (SSSR count). The normalized spacial score (nSPS) is 9.80. The maximum absolute atomic E-state index is 12.7. The molecular weight excluding hydrogens is 197 g/mol. The first-order chi connectivity index (χ1) is 4.74. The summed E-state index contributed by atoms with van der Waals surface area (Å²) in [7, 11) is 0. The van der Waals surface area contributed by atoms with Crippen molar-refractivity contribution in [2.24, 2.45) is 0 Å². The second-order valence-corrected chi connectivity index (χ2v) is 2.55. The van der Waals surface area contributed by atoms with Crippen LogP contribution in [-0.2, 0) is 5.33 Å². The fourth-order valence-corrected chi connectivity index (χ4v) is 1.13. The first-order valence-corrected chi connectivity index (χ1v) is 3.96. The van der Waals surface area contributed by atoms with Crippen LogP contribution in [0.15, 0.2) is 18.2 Å². The zero-order valence-electron chi connectivity index (χ0n) is 5.27. The first kappa shape index (κ1) is 7.54. The minimum absolute atomic E-state index is 0.217. The number of hydrogen-bond donors (Lipinski definition) is 1. The molecular formula is C7H7BrFN. The van der Waals surface area contributed by atoms with Crippen LogP contribution in [0.4, 0.5) is 10.1 Å². The monoisotopic (exact) mass is 203 g/mol. The molecule has 0 saturated carbocycles. The molecule has 54 valence electrons. The molecule has 1 aromatic carbocycles. The van der Waals surface area contributed by atoms with E-state index in [9.17, 15) is 4.39 Å². The zero-order chi connectivity index (χ0) is 7.56. The van der Waals surface area contributed by atoms with E-state index in [1.54, 1.807) is 12.1 Å². The lowest BCUT2D eigenvalue weighted by atomic mass is 10.2. The summed E-state index contributed by atoms with van der Waals surface area (Å²) in [6.07, 6.45) is 0. The highest BCUT2D eigenvalue weighted by Crippen LogP contribution is 2.14. The van der Waals surface area contributed by atoms with Crippen molar-refractivity contribution < 1.29 is 4.39 Å². The van der Waals surface area contributed by atoms with Gasteiger partial charge in [-0.15, -0.1) is 0 Å². The van der Waals surface area contributed by atoms with Crippen LogP contribution >= 0.6 is 15.9 Å². The predicted octanol–water partition coefficient (Wildman–Crippen LogP) is 2.30. The maximum atomic E-state index is 12.7. The molecule has 0 spiro atoms. The number of rotatable bonds is 1. The number of benzene rings is 1. The van der Waals surface area contributed by atoms with Crippen LogP contribution in [0.5, 0.6) is 0 Å². The second-order valence-electron chi connectivity index (χ2n) is 1.98. The molecule has 1 nitrogen and oxygen atoms in total.